The molecular weight excluding hydrogens is 264 g/mol. The van der Waals surface area contributed by atoms with Crippen molar-refractivity contribution in [3.05, 3.63) is 22.8 Å². The van der Waals surface area contributed by atoms with Crippen LogP contribution in [-0.2, 0) is 19.8 Å². The first kappa shape index (κ1) is 14.0. The van der Waals surface area contributed by atoms with Crippen molar-refractivity contribution in [1.29, 1.82) is 0 Å². The molecule has 0 aromatic rings. The molecule has 0 radical (unpaired) electrons. The van der Waals surface area contributed by atoms with Gasteiger partial charge < -0.3 is 4.74 Å². The third-order valence-corrected chi connectivity index (χ3v) is 3.50. The first-order valence-corrected chi connectivity index (χ1v) is 6.57. The van der Waals surface area contributed by atoms with E-state index >= 15 is 0 Å². The number of esters is 1. The molecule has 0 N–H and O–H groups in total. The molecule has 0 saturated carbocycles. The predicted octanol–water partition coefficient (Wildman–Crippen LogP) is 1.83. The van der Waals surface area contributed by atoms with Gasteiger partial charge in [0.25, 0.3) is 0 Å². The Kier molecular flexibility index (Phi) is 5.44. The standard InChI is InChI=1S/C11H13ClO4S/c1-16-11(13)4-2-3-8-5-6-9(17(14)15)7-10(8)12/h5-6H,2-4,7H2,1H3. The van der Waals surface area contributed by atoms with Crippen LogP contribution in [0.15, 0.2) is 22.8 Å². The maximum absolute atomic E-state index is 10.9. The average molecular weight is 277 g/mol. The summed E-state index contributed by atoms with van der Waals surface area (Å²) < 4.78 is 26.0. The van der Waals surface area contributed by atoms with E-state index in [9.17, 15) is 13.2 Å². The van der Waals surface area contributed by atoms with E-state index in [1.54, 1.807) is 12.2 Å². The topological polar surface area (TPSA) is 60.4 Å². The van der Waals surface area contributed by atoms with Crippen molar-refractivity contribution in [3.8, 4) is 0 Å². The van der Waals surface area contributed by atoms with Crippen molar-refractivity contribution in [2.75, 3.05) is 7.11 Å². The Morgan fingerprint density at radius 1 is 1.47 bits per heavy atom. The SMILES string of the molecule is COC(=O)CCCC1=C(Cl)CC(=S(=O)=O)C=C1. The van der Waals surface area contributed by atoms with Crippen molar-refractivity contribution >= 4 is 32.7 Å². The first-order chi connectivity index (χ1) is 8.04. The van der Waals surface area contributed by atoms with E-state index < -0.39 is 10.3 Å². The van der Waals surface area contributed by atoms with Gasteiger partial charge in [-0.05, 0) is 24.5 Å². The maximum Gasteiger partial charge on any atom is 0.305 e. The molecule has 1 aliphatic carbocycles. The van der Waals surface area contributed by atoms with Gasteiger partial charge in [0.15, 0.2) is 0 Å². The second-order valence-corrected chi connectivity index (χ2v) is 5.02. The summed E-state index contributed by atoms with van der Waals surface area (Å²) in [6.07, 6.45) is 5.09. The number of ether oxygens (including phenoxy) is 1. The fraction of sp³-hybridized carbons (Fsp3) is 0.455. The highest BCUT2D eigenvalue weighted by Gasteiger charge is 2.12. The summed E-state index contributed by atoms with van der Waals surface area (Å²) in [6, 6.07) is 0. The molecule has 0 aliphatic heterocycles. The third-order valence-electron chi connectivity index (χ3n) is 2.42. The molecule has 17 heavy (non-hydrogen) atoms. The van der Waals surface area contributed by atoms with Crippen molar-refractivity contribution in [3.63, 3.8) is 0 Å². The fourth-order valence-corrected chi connectivity index (χ4v) is 2.29. The Morgan fingerprint density at radius 2 is 2.18 bits per heavy atom. The molecular formula is C11H13ClO4S. The van der Waals surface area contributed by atoms with Crippen LogP contribution in [0.25, 0.3) is 0 Å². The highest BCUT2D eigenvalue weighted by atomic mass is 35.5. The Labute approximate surface area is 106 Å². The van der Waals surface area contributed by atoms with Gasteiger partial charge >= 0.3 is 5.97 Å². The highest BCUT2D eigenvalue weighted by molar-refractivity contribution is 7.73. The van der Waals surface area contributed by atoms with E-state index in [4.69, 9.17) is 11.6 Å². The Hall–Kier alpha value is -1.07. The van der Waals surface area contributed by atoms with E-state index in [2.05, 4.69) is 4.74 Å². The van der Waals surface area contributed by atoms with E-state index in [1.165, 1.54) is 7.11 Å². The monoisotopic (exact) mass is 276 g/mol. The van der Waals surface area contributed by atoms with Crippen LogP contribution in [0.2, 0.25) is 0 Å². The second-order valence-electron chi connectivity index (χ2n) is 3.57. The molecule has 0 amide bonds. The Morgan fingerprint density at radius 3 is 2.71 bits per heavy atom. The molecule has 94 valence electrons. The molecule has 0 spiro atoms. The van der Waals surface area contributed by atoms with Crippen LogP contribution >= 0.6 is 11.6 Å². The van der Waals surface area contributed by atoms with Gasteiger partial charge in [-0.3, -0.25) is 4.79 Å². The lowest BCUT2D eigenvalue weighted by molar-refractivity contribution is -0.140. The number of methoxy groups -OCH3 is 1. The zero-order chi connectivity index (χ0) is 12.8. The van der Waals surface area contributed by atoms with Crippen LogP contribution in [0.3, 0.4) is 0 Å². The van der Waals surface area contributed by atoms with Gasteiger partial charge in [0.1, 0.15) is 0 Å². The summed E-state index contributed by atoms with van der Waals surface area (Å²) in [5.74, 6) is -0.255. The van der Waals surface area contributed by atoms with Crippen LogP contribution < -0.4 is 0 Å². The number of rotatable bonds is 4. The summed E-state index contributed by atoms with van der Waals surface area (Å²) in [5.41, 5.74) is 0.879. The Bertz CT molecular complexity index is 492. The van der Waals surface area contributed by atoms with Gasteiger partial charge in [-0.15, -0.1) is 0 Å². The second kappa shape index (κ2) is 6.61. The fourth-order valence-electron chi connectivity index (χ4n) is 1.47. The molecule has 6 heteroatoms. The molecule has 0 unspecified atom stereocenters. The number of hydrogen-bond acceptors (Lipinski definition) is 4. The van der Waals surface area contributed by atoms with Crippen LogP contribution in [0.1, 0.15) is 25.7 Å². The first-order valence-electron chi connectivity index (χ1n) is 5.12. The summed E-state index contributed by atoms with van der Waals surface area (Å²) in [7, 11) is -0.868. The zero-order valence-corrected chi connectivity index (χ0v) is 11.0. The van der Waals surface area contributed by atoms with Gasteiger partial charge in [-0.2, -0.15) is 8.42 Å². The van der Waals surface area contributed by atoms with Crippen LogP contribution in [0, 0.1) is 0 Å². The number of allylic oxidation sites excluding steroid dienone is 4. The van der Waals surface area contributed by atoms with Crippen molar-refractivity contribution in [1.82, 2.24) is 0 Å². The number of halogens is 1. The summed E-state index contributed by atoms with van der Waals surface area (Å²) in [5, 5.41) is 0.525. The van der Waals surface area contributed by atoms with E-state index in [0.717, 1.165) is 5.57 Å². The Balaban J connectivity index is 2.57. The average Bonchev–Trinajstić information content (AvgIpc) is 2.30. The van der Waals surface area contributed by atoms with E-state index in [1.807, 2.05) is 0 Å². The molecule has 0 saturated heterocycles. The minimum atomic E-state index is -2.21. The van der Waals surface area contributed by atoms with Crippen LogP contribution in [-0.4, -0.2) is 26.4 Å². The van der Waals surface area contributed by atoms with Gasteiger partial charge in [-0.25, -0.2) is 0 Å². The predicted molar refractivity (Wildman–Crippen MR) is 66.4 cm³/mol. The lowest BCUT2D eigenvalue weighted by atomic mass is 10.0. The maximum atomic E-state index is 10.9. The lowest BCUT2D eigenvalue weighted by Crippen LogP contribution is -2.04. The summed E-state index contributed by atoms with van der Waals surface area (Å²) in [6.45, 7) is 0. The molecule has 0 aromatic carbocycles. The van der Waals surface area contributed by atoms with Gasteiger partial charge in [0.05, 0.1) is 12.0 Å². The van der Waals surface area contributed by atoms with Crippen molar-refractivity contribution in [2.45, 2.75) is 25.7 Å². The lowest BCUT2D eigenvalue weighted by Gasteiger charge is -2.10. The highest BCUT2D eigenvalue weighted by Crippen LogP contribution is 2.24. The van der Waals surface area contributed by atoms with Crippen molar-refractivity contribution < 1.29 is 17.9 Å². The number of hydrogen-bond donors (Lipinski definition) is 0. The molecule has 0 bridgehead atoms. The summed E-state index contributed by atoms with van der Waals surface area (Å²) >= 11 is 5.99. The molecule has 0 aromatic heterocycles. The molecule has 1 rings (SSSR count). The minimum absolute atomic E-state index is 0.238. The van der Waals surface area contributed by atoms with E-state index in [-0.39, 0.29) is 17.3 Å². The molecule has 0 heterocycles. The smallest absolute Gasteiger partial charge is 0.305 e. The minimum Gasteiger partial charge on any atom is -0.469 e. The number of carbonyl (C=O) groups is 1. The van der Waals surface area contributed by atoms with Gasteiger partial charge in [0, 0.05) is 17.9 Å². The zero-order valence-electron chi connectivity index (χ0n) is 9.40. The van der Waals surface area contributed by atoms with Crippen LogP contribution in [0.4, 0.5) is 0 Å². The van der Waals surface area contributed by atoms with Gasteiger partial charge in [-0.1, -0.05) is 17.7 Å². The molecule has 1 aliphatic rings. The quantitative estimate of drug-likeness (QED) is 0.581. The largest absolute Gasteiger partial charge is 0.469 e. The molecule has 0 atom stereocenters. The number of carbonyl (C=O) groups excluding carboxylic acids is 1. The molecule has 0 fully saturated rings. The third kappa shape index (κ3) is 4.36. The summed E-state index contributed by atoms with van der Waals surface area (Å²) in [4.78, 5) is 11.2. The normalized spacial score (nSPS) is 15.1. The van der Waals surface area contributed by atoms with Crippen LogP contribution in [0.5, 0.6) is 0 Å². The molecule has 4 nitrogen and oxygen atoms in total. The van der Waals surface area contributed by atoms with Gasteiger partial charge in [0.2, 0.25) is 10.3 Å². The van der Waals surface area contributed by atoms with E-state index in [0.29, 0.717) is 24.3 Å². The van der Waals surface area contributed by atoms with Crippen molar-refractivity contribution in [2.24, 2.45) is 0 Å².